The third kappa shape index (κ3) is 3.55. The lowest BCUT2D eigenvalue weighted by Gasteiger charge is -2.26. The molecule has 25 heavy (non-hydrogen) atoms. The van der Waals surface area contributed by atoms with Crippen LogP contribution in [0.2, 0.25) is 0 Å². The molecule has 1 fully saturated rings. The maximum atomic E-state index is 13.4. The third-order valence-corrected chi connectivity index (χ3v) is 4.68. The summed E-state index contributed by atoms with van der Waals surface area (Å²) in [5.74, 6) is 1.47. The van der Waals surface area contributed by atoms with Crippen molar-refractivity contribution in [2.75, 3.05) is 6.54 Å². The van der Waals surface area contributed by atoms with Crippen LogP contribution in [0.1, 0.15) is 42.2 Å². The van der Waals surface area contributed by atoms with Crippen molar-refractivity contribution in [3.8, 4) is 0 Å². The van der Waals surface area contributed by atoms with Crippen LogP contribution in [0.5, 0.6) is 0 Å². The molecule has 3 rings (SSSR count). The van der Waals surface area contributed by atoms with Gasteiger partial charge in [0.25, 0.3) is 0 Å². The Kier molecular flexibility index (Phi) is 4.83. The lowest BCUT2D eigenvalue weighted by atomic mass is 9.97. The van der Waals surface area contributed by atoms with Crippen molar-refractivity contribution in [2.24, 2.45) is 0 Å². The first-order valence-electron chi connectivity index (χ1n) is 8.28. The van der Waals surface area contributed by atoms with Crippen LogP contribution in [0, 0.1) is 6.92 Å². The minimum absolute atomic E-state index is 0.200. The van der Waals surface area contributed by atoms with Crippen LogP contribution in [0.15, 0.2) is 24.3 Å². The molecule has 5 nitrogen and oxygen atoms in total. The summed E-state index contributed by atoms with van der Waals surface area (Å²) in [6.07, 6.45) is -4.81. The van der Waals surface area contributed by atoms with Gasteiger partial charge in [0.2, 0.25) is 0 Å². The molecule has 1 aliphatic rings. The van der Waals surface area contributed by atoms with Gasteiger partial charge in [0.15, 0.2) is 0 Å². The number of nitrogens with zero attached hydrogens (tertiary/aromatic N) is 4. The van der Waals surface area contributed by atoms with Gasteiger partial charge in [-0.1, -0.05) is 18.2 Å². The summed E-state index contributed by atoms with van der Waals surface area (Å²) in [6, 6.07) is 5.08. The predicted molar refractivity (Wildman–Crippen MR) is 85.7 cm³/mol. The number of β-amino-alcohol motifs (C(OH)–C–C–N with tert-alkyl or cyclic N) is 1. The quantitative estimate of drug-likeness (QED) is 0.917. The number of hydrogen-bond donors (Lipinski definition) is 1. The number of rotatable bonds is 4. The Balaban J connectivity index is 1.93. The zero-order chi connectivity index (χ0) is 18.2. The first kappa shape index (κ1) is 17.9. The Morgan fingerprint density at radius 2 is 1.96 bits per heavy atom. The van der Waals surface area contributed by atoms with E-state index in [0.29, 0.717) is 25.5 Å². The molecule has 2 aromatic rings. The highest BCUT2D eigenvalue weighted by Gasteiger charge is 2.40. The second-order valence-corrected chi connectivity index (χ2v) is 6.33. The molecular weight excluding hydrogens is 333 g/mol. The third-order valence-electron chi connectivity index (χ3n) is 4.68. The summed E-state index contributed by atoms with van der Waals surface area (Å²) in [4.78, 5) is 1.85. The first-order chi connectivity index (χ1) is 11.8. The Labute approximate surface area is 144 Å². The van der Waals surface area contributed by atoms with Crippen LogP contribution in [0.4, 0.5) is 13.2 Å². The van der Waals surface area contributed by atoms with Gasteiger partial charge in [-0.15, -0.1) is 10.2 Å². The van der Waals surface area contributed by atoms with Gasteiger partial charge in [-0.2, -0.15) is 13.2 Å². The molecule has 1 N–H and O–H groups in total. The predicted octanol–water partition coefficient (Wildman–Crippen LogP) is 2.93. The molecule has 1 saturated heterocycles. The number of hydrogen-bond acceptors (Lipinski definition) is 4. The Hall–Kier alpha value is -1.93. The van der Waals surface area contributed by atoms with Crippen molar-refractivity contribution in [1.82, 2.24) is 19.7 Å². The highest BCUT2D eigenvalue weighted by Crippen LogP contribution is 2.40. The van der Waals surface area contributed by atoms with Gasteiger partial charge in [0.05, 0.1) is 18.2 Å². The van der Waals surface area contributed by atoms with Gasteiger partial charge in [-0.3, -0.25) is 4.90 Å². The van der Waals surface area contributed by atoms with E-state index in [1.54, 1.807) is 6.07 Å². The van der Waals surface area contributed by atoms with Crippen molar-refractivity contribution in [3.63, 3.8) is 0 Å². The molecule has 8 heteroatoms. The molecular formula is C17H21F3N4O. The van der Waals surface area contributed by atoms with Crippen molar-refractivity contribution in [1.29, 1.82) is 0 Å². The summed E-state index contributed by atoms with van der Waals surface area (Å²) in [5, 5.41) is 18.3. The Morgan fingerprint density at radius 1 is 1.24 bits per heavy atom. The average Bonchev–Trinajstić information content (AvgIpc) is 3.09. The van der Waals surface area contributed by atoms with Crippen molar-refractivity contribution >= 4 is 0 Å². The maximum absolute atomic E-state index is 13.4. The first-order valence-corrected chi connectivity index (χ1v) is 8.28. The number of halogens is 3. The van der Waals surface area contributed by atoms with Crippen molar-refractivity contribution in [2.45, 2.75) is 51.7 Å². The molecule has 1 aromatic heterocycles. The summed E-state index contributed by atoms with van der Waals surface area (Å²) in [5.41, 5.74) is -0.446. The SMILES string of the molecule is CCn1c(C)nnc1CN1C[C@H](O)C[C@H]1c1ccccc1C(F)(F)F. The summed E-state index contributed by atoms with van der Waals surface area (Å²) < 4.78 is 42.0. The van der Waals surface area contributed by atoms with Crippen LogP contribution in [-0.4, -0.2) is 37.4 Å². The number of aromatic nitrogens is 3. The molecule has 0 unspecified atom stereocenters. The fourth-order valence-electron chi connectivity index (χ4n) is 3.56. The lowest BCUT2D eigenvalue weighted by molar-refractivity contribution is -0.138. The van der Waals surface area contributed by atoms with E-state index in [1.165, 1.54) is 12.1 Å². The summed E-state index contributed by atoms with van der Waals surface area (Å²) in [6.45, 7) is 5.16. The molecule has 0 saturated carbocycles. The second-order valence-electron chi connectivity index (χ2n) is 6.33. The highest BCUT2D eigenvalue weighted by molar-refractivity contribution is 5.33. The molecule has 136 valence electrons. The monoisotopic (exact) mass is 354 g/mol. The molecule has 2 atom stereocenters. The van der Waals surface area contributed by atoms with E-state index in [9.17, 15) is 18.3 Å². The van der Waals surface area contributed by atoms with E-state index < -0.39 is 23.9 Å². The molecule has 2 heterocycles. The van der Waals surface area contributed by atoms with Gasteiger partial charge in [0.1, 0.15) is 11.6 Å². The Bertz CT molecular complexity index is 744. The molecule has 0 bridgehead atoms. The van der Waals surface area contributed by atoms with E-state index >= 15 is 0 Å². The molecule has 0 radical (unpaired) electrons. The highest BCUT2D eigenvalue weighted by atomic mass is 19.4. The van der Waals surface area contributed by atoms with Gasteiger partial charge < -0.3 is 9.67 Å². The number of alkyl halides is 3. The number of likely N-dealkylation sites (tertiary alicyclic amines) is 1. The minimum atomic E-state index is -4.42. The topological polar surface area (TPSA) is 54.2 Å². The minimum Gasteiger partial charge on any atom is -0.392 e. The zero-order valence-corrected chi connectivity index (χ0v) is 14.2. The Morgan fingerprint density at radius 3 is 2.64 bits per heavy atom. The van der Waals surface area contributed by atoms with Crippen LogP contribution < -0.4 is 0 Å². The van der Waals surface area contributed by atoms with Crippen molar-refractivity contribution < 1.29 is 18.3 Å². The lowest BCUT2D eigenvalue weighted by Crippen LogP contribution is -2.27. The number of aliphatic hydroxyl groups excluding tert-OH is 1. The number of aryl methyl sites for hydroxylation is 1. The van der Waals surface area contributed by atoms with E-state index in [4.69, 9.17) is 0 Å². The van der Waals surface area contributed by atoms with E-state index in [-0.39, 0.29) is 12.0 Å². The fourth-order valence-corrected chi connectivity index (χ4v) is 3.56. The van der Waals surface area contributed by atoms with Gasteiger partial charge in [-0.25, -0.2) is 0 Å². The normalized spacial score (nSPS) is 21.8. The standard InChI is InChI=1S/C17H21F3N4O/c1-3-24-11(2)21-22-16(24)10-23-9-12(25)8-15(23)13-6-4-5-7-14(13)17(18,19)20/h4-7,12,15,25H,3,8-10H2,1-2H3/t12-,15+/m1/s1. The number of aliphatic hydroxyl groups is 1. The van der Waals surface area contributed by atoms with Gasteiger partial charge >= 0.3 is 6.18 Å². The molecule has 0 spiro atoms. The molecule has 1 aliphatic heterocycles. The van der Waals surface area contributed by atoms with Crippen LogP contribution in [-0.2, 0) is 19.3 Å². The van der Waals surface area contributed by atoms with Crippen LogP contribution >= 0.6 is 0 Å². The molecule has 1 aromatic carbocycles. The second kappa shape index (κ2) is 6.76. The molecule has 0 aliphatic carbocycles. The summed E-state index contributed by atoms with van der Waals surface area (Å²) >= 11 is 0. The van der Waals surface area contributed by atoms with E-state index in [2.05, 4.69) is 10.2 Å². The van der Waals surface area contributed by atoms with E-state index in [1.807, 2.05) is 23.3 Å². The van der Waals surface area contributed by atoms with E-state index in [0.717, 1.165) is 11.9 Å². The van der Waals surface area contributed by atoms with Crippen LogP contribution in [0.3, 0.4) is 0 Å². The van der Waals surface area contributed by atoms with Crippen molar-refractivity contribution in [3.05, 3.63) is 47.0 Å². The van der Waals surface area contributed by atoms with Crippen LogP contribution in [0.25, 0.3) is 0 Å². The fraction of sp³-hybridized carbons (Fsp3) is 0.529. The zero-order valence-electron chi connectivity index (χ0n) is 14.2. The average molecular weight is 354 g/mol. The number of benzene rings is 1. The van der Waals surface area contributed by atoms with Gasteiger partial charge in [-0.05, 0) is 31.9 Å². The smallest absolute Gasteiger partial charge is 0.392 e. The maximum Gasteiger partial charge on any atom is 0.416 e. The largest absolute Gasteiger partial charge is 0.416 e. The summed E-state index contributed by atoms with van der Waals surface area (Å²) in [7, 11) is 0. The molecule has 0 amide bonds. The van der Waals surface area contributed by atoms with Gasteiger partial charge in [0, 0.05) is 19.1 Å².